The predicted molar refractivity (Wildman–Crippen MR) is 72.7 cm³/mol. The third kappa shape index (κ3) is 3.34. The average molecular weight is 242 g/mol. The maximum Gasteiger partial charge on any atom is 0.125 e. The zero-order valence-electron chi connectivity index (χ0n) is 10.5. The molecule has 0 saturated heterocycles. The highest BCUT2D eigenvalue weighted by molar-refractivity contribution is 5.34. The second-order valence-corrected chi connectivity index (χ2v) is 4.30. The highest BCUT2D eigenvalue weighted by Crippen LogP contribution is 2.24. The first-order valence-electron chi connectivity index (χ1n) is 6.21. The van der Waals surface area contributed by atoms with E-state index in [9.17, 15) is 5.11 Å². The highest BCUT2D eigenvalue weighted by Gasteiger charge is 2.07. The van der Waals surface area contributed by atoms with Crippen LogP contribution >= 0.6 is 0 Å². The van der Waals surface area contributed by atoms with E-state index < -0.39 is 6.10 Å². The summed E-state index contributed by atoms with van der Waals surface area (Å²) in [5.41, 5.74) is 2.09. The van der Waals surface area contributed by atoms with Gasteiger partial charge in [-0.05, 0) is 18.6 Å². The van der Waals surface area contributed by atoms with E-state index in [-0.39, 0.29) is 0 Å². The van der Waals surface area contributed by atoms with Gasteiger partial charge in [0.15, 0.2) is 0 Å². The summed E-state index contributed by atoms with van der Waals surface area (Å²) in [6.45, 7) is 2.37. The topological polar surface area (TPSA) is 29.5 Å². The van der Waals surface area contributed by atoms with Crippen molar-refractivity contribution in [2.24, 2.45) is 0 Å². The van der Waals surface area contributed by atoms with Gasteiger partial charge in [-0.15, -0.1) is 0 Å². The van der Waals surface area contributed by atoms with Gasteiger partial charge in [0.05, 0.1) is 12.7 Å². The largest absolute Gasteiger partial charge is 0.493 e. The molecule has 0 heterocycles. The minimum atomic E-state index is -0.502. The van der Waals surface area contributed by atoms with Crippen LogP contribution in [-0.4, -0.2) is 11.7 Å². The third-order valence-corrected chi connectivity index (χ3v) is 2.86. The Hall–Kier alpha value is -1.80. The number of aliphatic hydroxyl groups is 1. The van der Waals surface area contributed by atoms with Gasteiger partial charge in [0.2, 0.25) is 0 Å². The molecule has 18 heavy (non-hydrogen) atoms. The first kappa shape index (κ1) is 12.7. The fraction of sp³-hybridized carbons (Fsp3) is 0.250. The van der Waals surface area contributed by atoms with Crippen LogP contribution < -0.4 is 4.74 Å². The second kappa shape index (κ2) is 6.22. The molecule has 1 atom stereocenters. The number of ether oxygens (including phenoxy) is 1. The molecule has 2 nitrogen and oxygen atoms in total. The highest BCUT2D eigenvalue weighted by atomic mass is 16.5. The van der Waals surface area contributed by atoms with Gasteiger partial charge in [-0.2, -0.15) is 0 Å². The first-order valence-corrected chi connectivity index (χ1v) is 6.21. The minimum absolute atomic E-state index is 0.502. The van der Waals surface area contributed by atoms with Gasteiger partial charge in [-0.25, -0.2) is 0 Å². The van der Waals surface area contributed by atoms with Crippen molar-refractivity contribution < 1.29 is 9.84 Å². The Kier molecular flexibility index (Phi) is 4.37. The first-order chi connectivity index (χ1) is 8.77. The van der Waals surface area contributed by atoms with Gasteiger partial charge >= 0.3 is 0 Å². The summed E-state index contributed by atoms with van der Waals surface area (Å²) in [5.74, 6) is 0.767. The normalized spacial score (nSPS) is 12.1. The van der Waals surface area contributed by atoms with Crippen LogP contribution in [0.4, 0.5) is 0 Å². The van der Waals surface area contributed by atoms with Gasteiger partial charge in [-0.1, -0.05) is 48.5 Å². The van der Waals surface area contributed by atoms with Gasteiger partial charge in [0, 0.05) is 12.0 Å². The zero-order valence-corrected chi connectivity index (χ0v) is 10.5. The molecule has 94 valence electrons. The van der Waals surface area contributed by atoms with Crippen molar-refractivity contribution in [1.29, 1.82) is 0 Å². The summed E-state index contributed by atoms with van der Waals surface area (Å²) in [6.07, 6.45) is 0.368. The molecule has 2 aromatic rings. The molecular formula is C16H18O2. The predicted octanol–water partition coefficient (Wildman–Crippen LogP) is 3.36. The number of benzene rings is 2. The van der Waals surface area contributed by atoms with Crippen LogP contribution in [0, 0.1) is 0 Å². The summed E-state index contributed by atoms with van der Waals surface area (Å²) in [5, 5.41) is 9.64. The number of hydrogen-bond acceptors (Lipinski definition) is 2. The lowest BCUT2D eigenvalue weighted by atomic mass is 10.1. The molecule has 0 amide bonds. The fourth-order valence-corrected chi connectivity index (χ4v) is 1.88. The smallest absolute Gasteiger partial charge is 0.125 e. The lowest BCUT2D eigenvalue weighted by molar-refractivity contribution is 0.191. The van der Waals surface area contributed by atoms with Crippen molar-refractivity contribution in [3.63, 3.8) is 0 Å². The summed E-state index contributed by atoms with van der Waals surface area (Å²) >= 11 is 0. The van der Waals surface area contributed by atoms with Crippen molar-refractivity contribution in [3.8, 4) is 5.75 Å². The van der Waals surface area contributed by atoms with E-state index in [4.69, 9.17) is 4.74 Å². The maximum absolute atomic E-state index is 9.64. The molecule has 0 aliphatic rings. The molecule has 0 fully saturated rings. The second-order valence-electron chi connectivity index (χ2n) is 4.30. The van der Waals surface area contributed by atoms with Crippen molar-refractivity contribution in [2.75, 3.05) is 6.61 Å². The summed E-state index contributed by atoms with van der Waals surface area (Å²) in [4.78, 5) is 0. The van der Waals surface area contributed by atoms with Crippen molar-refractivity contribution in [1.82, 2.24) is 0 Å². The molecule has 0 aromatic heterocycles. The van der Waals surface area contributed by atoms with E-state index in [1.807, 2.05) is 42.5 Å². The maximum atomic E-state index is 9.64. The third-order valence-electron chi connectivity index (χ3n) is 2.86. The molecule has 0 bridgehead atoms. The molecule has 0 spiro atoms. The fourth-order valence-electron chi connectivity index (χ4n) is 1.88. The molecule has 0 aliphatic heterocycles. The Balaban J connectivity index is 1.94. The lowest BCUT2D eigenvalue weighted by Crippen LogP contribution is -2.04. The minimum Gasteiger partial charge on any atom is -0.493 e. The van der Waals surface area contributed by atoms with Crippen LogP contribution in [0.1, 0.15) is 24.2 Å². The Labute approximate surface area is 108 Å². The zero-order chi connectivity index (χ0) is 12.8. The SMILES string of the molecule is C[C@H](O)c1ccccc1OCCc1ccccc1. The molecule has 2 aromatic carbocycles. The molecule has 1 N–H and O–H groups in total. The van der Waals surface area contributed by atoms with Crippen LogP contribution in [0.3, 0.4) is 0 Å². The number of rotatable bonds is 5. The van der Waals surface area contributed by atoms with Gasteiger partial charge in [-0.3, -0.25) is 0 Å². The van der Waals surface area contributed by atoms with Crippen molar-refractivity contribution in [3.05, 3.63) is 65.7 Å². The van der Waals surface area contributed by atoms with E-state index >= 15 is 0 Å². The van der Waals surface area contributed by atoms with Crippen molar-refractivity contribution >= 4 is 0 Å². The number of para-hydroxylation sites is 1. The molecule has 2 rings (SSSR count). The number of aliphatic hydroxyl groups excluding tert-OH is 1. The van der Waals surface area contributed by atoms with E-state index in [2.05, 4.69) is 12.1 Å². The van der Waals surface area contributed by atoms with Crippen LogP contribution in [0.2, 0.25) is 0 Å². The molecular weight excluding hydrogens is 224 g/mol. The van der Waals surface area contributed by atoms with Gasteiger partial charge < -0.3 is 9.84 Å². The molecule has 0 unspecified atom stereocenters. The summed E-state index contributed by atoms with van der Waals surface area (Å²) < 4.78 is 5.74. The van der Waals surface area contributed by atoms with Gasteiger partial charge in [0.25, 0.3) is 0 Å². The van der Waals surface area contributed by atoms with Crippen molar-refractivity contribution in [2.45, 2.75) is 19.4 Å². The quantitative estimate of drug-likeness (QED) is 0.871. The van der Waals surface area contributed by atoms with Crippen LogP contribution in [0.15, 0.2) is 54.6 Å². The molecule has 2 heteroatoms. The van der Waals surface area contributed by atoms with Crippen LogP contribution in [0.5, 0.6) is 5.75 Å². The van der Waals surface area contributed by atoms with Crippen LogP contribution in [-0.2, 0) is 6.42 Å². The Bertz CT molecular complexity index is 477. The Morgan fingerprint density at radius 1 is 1.00 bits per heavy atom. The summed E-state index contributed by atoms with van der Waals surface area (Å²) in [6, 6.07) is 17.9. The molecule has 0 aliphatic carbocycles. The molecule has 0 radical (unpaired) electrons. The summed E-state index contributed by atoms with van der Waals surface area (Å²) in [7, 11) is 0. The number of hydrogen-bond donors (Lipinski definition) is 1. The van der Waals surface area contributed by atoms with E-state index in [1.165, 1.54) is 5.56 Å². The monoisotopic (exact) mass is 242 g/mol. The average Bonchev–Trinajstić information content (AvgIpc) is 2.40. The Morgan fingerprint density at radius 3 is 2.39 bits per heavy atom. The lowest BCUT2D eigenvalue weighted by Gasteiger charge is -2.13. The van der Waals surface area contributed by atoms with E-state index in [0.717, 1.165) is 17.7 Å². The standard InChI is InChI=1S/C16H18O2/c1-13(17)15-9-5-6-10-16(15)18-12-11-14-7-3-2-4-8-14/h2-10,13,17H,11-12H2,1H3/t13-/m0/s1. The van der Waals surface area contributed by atoms with Crippen LogP contribution in [0.25, 0.3) is 0 Å². The molecule has 0 saturated carbocycles. The van der Waals surface area contributed by atoms with E-state index in [0.29, 0.717) is 6.61 Å². The van der Waals surface area contributed by atoms with E-state index in [1.54, 1.807) is 6.92 Å². The van der Waals surface area contributed by atoms with Gasteiger partial charge in [0.1, 0.15) is 5.75 Å². The Morgan fingerprint density at radius 2 is 1.67 bits per heavy atom.